The van der Waals surface area contributed by atoms with E-state index in [-0.39, 0.29) is 18.0 Å². The molecule has 1 aromatic heterocycles. The van der Waals surface area contributed by atoms with E-state index in [2.05, 4.69) is 5.38 Å². The number of phenolic OH excluding ortho intramolecular Hbond substituents is 1. The summed E-state index contributed by atoms with van der Waals surface area (Å²) in [5, 5.41) is 22.0. The van der Waals surface area contributed by atoms with Crippen LogP contribution in [0.3, 0.4) is 0 Å². The molecule has 5 nitrogen and oxygen atoms in total. The molecule has 1 N–H and O–H groups in total. The number of halogens is 1. The van der Waals surface area contributed by atoms with Crippen LogP contribution >= 0.6 is 22.9 Å². The van der Waals surface area contributed by atoms with Crippen LogP contribution in [0.1, 0.15) is 35.4 Å². The lowest BCUT2D eigenvalue weighted by Gasteiger charge is -2.37. The highest BCUT2D eigenvalue weighted by molar-refractivity contribution is 7.07. The van der Waals surface area contributed by atoms with Crippen LogP contribution in [0.4, 0.5) is 0 Å². The summed E-state index contributed by atoms with van der Waals surface area (Å²) >= 11 is 7.88. The number of aromatic hydroxyl groups is 1. The van der Waals surface area contributed by atoms with Gasteiger partial charge in [-0.05, 0) is 53.2 Å². The monoisotopic (exact) mass is 412 g/mol. The van der Waals surface area contributed by atoms with Gasteiger partial charge in [0.2, 0.25) is 6.23 Å². The van der Waals surface area contributed by atoms with Crippen LogP contribution in [0.15, 0.2) is 58.3 Å². The van der Waals surface area contributed by atoms with Crippen molar-refractivity contribution in [3.8, 4) is 17.2 Å². The number of fused-ring (bicyclic) bond motifs is 3. The smallest absolute Gasteiger partial charge is 0.214 e. The predicted molar refractivity (Wildman–Crippen MR) is 110 cm³/mol. The molecule has 3 aromatic rings. The molecule has 2 aliphatic heterocycles. The molecule has 0 bridgehead atoms. The van der Waals surface area contributed by atoms with Crippen LogP contribution in [0.25, 0.3) is 0 Å². The number of hydrogen-bond donors (Lipinski definition) is 1. The van der Waals surface area contributed by atoms with Crippen molar-refractivity contribution < 1.29 is 14.6 Å². The first kappa shape index (κ1) is 17.4. The minimum atomic E-state index is -0.324. The molecule has 2 atom stereocenters. The minimum Gasteiger partial charge on any atom is -0.507 e. The van der Waals surface area contributed by atoms with Gasteiger partial charge in [-0.2, -0.15) is 16.4 Å². The lowest BCUT2D eigenvalue weighted by Crippen LogP contribution is -2.33. The molecule has 0 aliphatic carbocycles. The Balaban J connectivity index is 1.61. The maximum atomic E-state index is 10.4. The molecule has 3 heterocycles. The Morgan fingerprint density at radius 2 is 2.14 bits per heavy atom. The molecular formula is C21H17ClN2O3S. The van der Waals surface area contributed by atoms with Gasteiger partial charge in [0.15, 0.2) is 0 Å². The molecule has 5 rings (SSSR count). The molecule has 142 valence electrons. The molecular weight excluding hydrogens is 396 g/mol. The van der Waals surface area contributed by atoms with Crippen molar-refractivity contribution in [3.63, 3.8) is 0 Å². The standard InChI is InChI=1S/C21H17ClN2O3S/c1-26-14-3-4-19(25)15(9-14)17-10-18-16-8-13(22)2-5-20(16)27-21(24(18)23-17)12-6-7-28-11-12/h2-9,11,18,21,25H,10H2,1H3/t18-,21-/m0/s1. The van der Waals surface area contributed by atoms with E-state index in [4.69, 9.17) is 26.2 Å². The quantitative estimate of drug-likeness (QED) is 0.629. The summed E-state index contributed by atoms with van der Waals surface area (Å²) in [6.07, 6.45) is 0.313. The van der Waals surface area contributed by atoms with Crippen molar-refractivity contribution in [1.29, 1.82) is 0 Å². The SMILES string of the molecule is COc1ccc(O)c(C2=NN3[C@@H](C2)c2cc(Cl)ccc2O[C@H]3c2ccsc2)c1. The molecule has 0 unspecified atom stereocenters. The summed E-state index contributed by atoms with van der Waals surface area (Å²) in [7, 11) is 1.61. The first-order chi connectivity index (χ1) is 13.6. The molecule has 7 heteroatoms. The third-order valence-corrected chi connectivity index (χ3v) is 6.03. The molecule has 0 saturated carbocycles. The fraction of sp³-hybridized carbons (Fsp3) is 0.190. The van der Waals surface area contributed by atoms with E-state index in [1.54, 1.807) is 30.6 Å². The highest BCUT2D eigenvalue weighted by Gasteiger charge is 2.41. The van der Waals surface area contributed by atoms with E-state index < -0.39 is 0 Å². The van der Waals surface area contributed by atoms with Gasteiger partial charge < -0.3 is 14.6 Å². The van der Waals surface area contributed by atoms with Crippen molar-refractivity contribution in [2.45, 2.75) is 18.7 Å². The number of methoxy groups -OCH3 is 1. The van der Waals surface area contributed by atoms with Crippen LogP contribution in [-0.4, -0.2) is 22.9 Å². The normalized spacial score (nSPS) is 20.2. The van der Waals surface area contributed by atoms with Gasteiger partial charge in [0, 0.05) is 28.1 Å². The molecule has 0 saturated heterocycles. The highest BCUT2D eigenvalue weighted by atomic mass is 35.5. The van der Waals surface area contributed by atoms with E-state index in [0.717, 1.165) is 22.6 Å². The number of ether oxygens (including phenoxy) is 2. The van der Waals surface area contributed by atoms with Gasteiger partial charge in [0.1, 0.15) is 17.2 Å². The van der Waals surface area contributed by atoms with Crippen LogP contribution in [0.5, 0.6) is 17.2 Å². The van der Waals surface area contributed by atoms with Gasteiger partial charge >= 0.3 is 0 Å². The Morgan fingerprint density at radius 3 is 2.93 bits per heavy atom. The van der Waals surface area contributed by atoms with Crippen LogP contribution in [0.2, 0.25) is 5.02 Å². The second-order valence-corrected chi connectivity index (χ2v) is 7.96. The maximum absolute atomic E-state index is 10.4. The van der Waals surface area contributed by atoms with Gasteiger partial charge in [0.05, 0.1) is 18.9 Å². The number of rotatable bonds is 3. The first-order valence-corrected chi connectivity index (χ1v) is 10.2. The van der Waals surface area contributed by atoms with Gasteiger partial charge in [-0.25, -0.2) is 5.01 Å². The van der Waals surface area contributed by atoms with E-state index in [1.807, 2.05) is 40.7 Å². The number of nitrogens with zero attached hydrogens (tertiary/aromatic N) is 2. The van der Waals surface area contributed by atoms with Gasteiger partial charge in [-0.15, -0.1) is 0 Å². The summed E-state index contributed by atoms with van der Waals surface area (Å²) in [5.41, 5.74) is 3.51. The fourth-order valence-electron chi connectivity index (χ4n) is 3.73. The molecule has 2 aromatic carbocycles. The lowest BCUT2D eigenvalue weighted by atomic mass is 9.95. The highest BCUT2D eigenvalue weighted by Crippen LogP contribution is 2.49. The Morgan fingerprint density at radius 1 is 1.25 bits per heavy atom. The van der Waals surface area contributed by atoms with Crippen molar-refractivity contribution in [3.05, 3.63) is 74.9 Å². The van der Waals surface area contributed by atoms with E-state index >= 15 is 0 Å². The second-order valence-electron chi connectivity index (χ2n) is 6.74. The fourth-order valence-corrected chi connectivity index (χ4v) is 4.58. The Kier molecular flexibility index (Phi) is 4.18. The molecule has 28 heavy (non-hydrogen) atoms. The Labute approximate surface area is 171 Å². The summed E-state index contributed by atoms with van der Waals surface area (Å²) in [5.74, 6) is 1.67. The number of benzene rings is 2. The topological polar surface area (TPSA) is 54.3 Å². The van der Waals surface area contributed by atoms with Crippen molar-refractivity contribution in [1.82, 2.24) is 5.01 Å². The Bertz CT molecular complexity index is 1070. The largest absolute Gasteiger partial charge is 0.507 e. The Hall–Kier alpha value is -2.70. The van der Waals surface area contributed by atoms with Gasteiger partial charge in [-0.3, -0.25) is 0 Å². The molecule has 0 fully saturated rings. The minimum absolute atomic E-state index is 0.0204. The van der Waals surface area contributed by atoms with Gasteiger partial charge in [0.25, 0.3) is 0 Å². The molecule has 0 spiro atoms. The third kappa shape index (κ3) is 2.80. The number of hydrazone groups is 1. The van der Waals surface area contributed by atoms with Crippen LogP contribution < -0.4 is 9.47 Å². The number of thiophene rings is 1. The van der Waals surface area contributed by atoms with Gasteiger partial charge in [-0.1, -0.05) is 11.6 Å². The maximum Gasteiger partial charge on any atom is 0.214 e. The summed E-state index contributed by atoms with van der Waals surface area (Å²) in [4.78, 5) is 0. The second kappa shape index (κ2) is 6.72. The van der Waals surface area contributed by atoms with Crippen LogP contribution in [-0.2, 0) is 0 Å². The molecule has 0 amide bonds. The van der Waals surface area contributed by atoms with Crippen molar-refractivity contribution >= 4 is 28.6 Å². The predicted octanol–water partition coefficient (Wildman–Crippen LogP) is 5.36. The average Bonchev–Trinajstić information content (AvgIpc) is 3.38. The van der Waals surface area contributed by atoms with E-state index in [1.165, 1.54) is 0 Å². The zero-order chi connectivity index (χ0) is 19.3. The summed E-state index contributed by atoms with van der Waals surface area (Å²) in [6, 6.07) is 12.9. The van der Waals surface area contributed by atoms with Crippen LogP contribution in [0, 0.1) is 0 Å². The first-order valence-electron chi connectivity index (χ1n) is 8.85. The summed E-state index contributed by atoms with van der Waals surface area (Å²) in [6.45, 7) is 0. The van der Waals surface area contributed by atoms with Crippen molar-refractivity contribution in [2.75, 3.05) is 7.11 Å². The lowest BCUT2D eigenvalue weighted by molar-refractivity contribution is -0.0187. The number of phenols is 1. The van der Waals surface area contributed by atoms with Crippen molar-refractivity contribution in [2.24, 2.45) is 5.10 Å². The number of hydrogen-bond acceptors (Lipinski definition) is 6. The molecule has 2 aliphatic rings. The van der Waals surface area contributed by atoms with E-state index in [0.29, 0.717) is 22.8 Å². The van der Waals surface area contributed by atoms with E-state index in [9.17, 15) is 5.11 Å². The zero-order valence-electron chi connectivity index (χ0n) is 15.0. The third-order valence-electron chi connectivity index (χ3n) is 5.09. The average molecular weight is 413 g/mol. The molecule has 0 radical (unpaired) electrons. The summed E-state index contributed by atoms with van der Waals surface area (Å²) < 4.78 is 11.6. The zero-order valence-corrected chi connectivity index (χ0v) is 16.6.